The summed E-state index contributed by atoms with van der Waals surface area (Å²) in [6.07, 6.45) is 6.22. The first-order valence-corrected chi connectivity index (χ1v) is 10.1. The van der Waals surface area contributed by atoms with Crippen molar-refractivity contribution < 1.29 is 19.4 Å². The summed E-state index contributed by atoms with van der Waals surface area (Å²) in [7, 11) is 1.64. The minimum Gasteiger partial charge on any atom is -0.497 e. The third kappa shape index (κ3) is 2.50. The maximum atomic E-state index is 13.2. The molecule has 1 aromatic rings. The number of aliphatic carboxylic acids is 1. The number of hydrogen-bond donors (Lipinski definition) is 2. The van der Waals surface area contributed by atoms with Crippen molar-refractivity contribution in [3.05, 3.63) is 29.8 Å². The fourth-order valence-electron chi connectivity index (χ4n) is 6.49. The number of rotatable bonds is 5. The Morgan fingerprint density at radius 3 is 2.22 bits per heavy atom. The second-order valence-electron chi connectivity index (χ2n) is 9.37. The van der Waals surface area contributed by atoms with E-state index in [1.54, 1.807) is 7.11 Å². The predicted molar refractivity (Wildman–Crippen MR) is 99.5 cm³/mol. The van der Waals surface area contributed by atoms with E-state index in [9.17, 15) is 14.7 Å². The van der Waals surface area contributed by atoms with E-state index < -0.39 is 16.8 Å². The number of hydrogen-bond acceptors (Lipinski definition) is 3. The highest BCUT2D eigenvalue weighted by Gasteiger charge is 2.60. The van der Waals surface area contributed by atoms with Crippen molar-refractivity contribution >= 4 is 11.9 Å². The van der Waals surface area contributed by atoms with Gasteiger partial charge in [-0.25, -0.2) is 0 Å². The van der Waals surface area contributed by atoms with Gasteiger partial charge in [-0.05, 0) is 80.4 Å². The highest BCUT2D eigenvalue weighted by Crippen LogP contribution is 2.60. The van der Waals surface area contributed by atoms with Gasteiger partial charge in [0, 0.05) is 6.04 Å². The number of carbonyl (C=O) groups is 2. The van der Waals surface area contributed by atoms with Gasteiger partial charge < -0.3 is 15.2 Å². The van der Waals surface area contributed by atoms with E-state index in [4.69, 9.17) is 4.74 Å². The van der Waals surface area contributed by atoms with Crippen LogP contribution in [0.4, 0.5) is 0 Å². The number of carbonyl (C=O) groups excluding carboxylic acids is 1. The number of carboxylic acids is 1. The maximum Gasteiger partial charge on any atom is 0.309 e. The molecule has 0 aromatic heterocycles. The monoisotopic (exact) mass is 369 g/mol. The van der Waals surface area contributed by atoms with Gasteiger partial charge in [-0.15, -0.1) is 0 Å². The summed E-state index contributed by atoms with van der Waals surface area (Å²) in [4.78, 5) is 25.1. The van der Waals surface area contributed by atoms with E-state index >= 15 is 0 Å². The van der Waals surface area contributed by atoms with Gasteiger partial charge in [0.25, 0.3) is 0 Å². The highest BCUT2D eigenvalue weighted by molar-refractivity contribution is 5.91. The van der Waals surface area contributed by atoms with E-state index in [2.05, 4.69) is 5.32 Å². The molecule has 5 saturated carbocycles. The molecule has 5 heteroatoms. The molecule has 5 aliphatic carbocycles. The van der Waals surface area contributed by atoms with Crippen LogP contribution in [0.3, 0.4) is 0 Å². The van der Waals surface area contributed by atoms with Crippen molar-refractivity contribution in [2.45, 2.75) is 56.4 Å². The number of carboxylic acid groups (broad SMARTS) is 1. The molecule has 27 heavy (non-hydrogen) atoms. The molecule has 0 saturated heterocycles. The van der Waals surface area contributed by atoms with Crippen LogP contribution in [-0.4, -0.2) is 30.1 Å². The lowest BCUT2D eigenvalue weighted by Crippen LogP contribution is -2.61. The van der Waals surface area contributed by atoms with E-state index in [0.717, 1.165) is 56.3 Å². The lowest BCUT2D eigenvalue weighted by atomic mass is 9.48. The Labute approximate surface area is 159 Å². The number of benzene rings is 1. The van der Waals surface area contributed by atoms with E-state index in [1.165, 1.54) is 0 Å². The summed E-state index contributed by atoms with van der Waals surface area (Å²) < 4.78 is 5.23. The van der Waals surface area contributed by atoms with Crippen molar-refractivity contribution in [3.8, 4) is 5.75 Å². The molecule has 5 nitrogen and oxygen atoms in total. The van der Waals surface area contributed by atoms with Crippen molar-refractivity contribution in [1.82, 2.24) is 5.32 Å². The minimum absolute atomic E-state index is 0.134. The summed E-state index contributed by atoms with van der Waals surface area (Å²) in [5.74, 6) is 1.49. The largest absolute Gasteiger partial charge is 0.497 e. The second kappa shape index (κ2) is 5.73. The molecule has 144 valence electrons. The van der Waals surface area contributed by atoms with Gasteiger partial charge in [0.05, 0.1) is 17.9 Å². The molecular weight excluding hydrogens is 342 g/mol. The van der Waals surface area contributed by atoms with Crippen LogP contribution < -0.4 is 10.1 Å². The smallest absolute Gasteiger partial charge is 0.309 e. The van der Waals surface area contributed by atoms with Crippen molar-refractivity contribution in [2.75, 3.05) is 7.11 Å². The van der Waals surface area contributed by atoms with Crippen LogP contribution in [0.1, 0.15) is 50.5 Å². The number of nitrogens with one attached hydrogen (secondary N) is 1. The normalized spacial score (nSPS) is 37.7. The Balaban J connectivity index is 1.34. The SMILES string of the molecule is COc1ccc(C2(C(=O)NC3C4CC5CC3CC(C(=O)O)(C5)C4)CC2)cc1. The van der Waals surface area contributed by atoms with Crippen molar-refractivity contribution in [1.29, 1.82) is 0 Å². The fourth-order valence-corrected chi connectivity index (χ4v) is 6.49. The lowest BCUT2D eigenvalue weighted by Gasteiger charge is -2.58. The molecular formula is C22H27NO4. The zero-order valence-corrected chi connectivity index (χ0v) is 15.7. The molecule has 6 rings (SSSR count). The van der Waals surface area contributed by atoms with Crippen molar-refractivity contribution in [3.63, 3.8) is 0 Å². The highest BCUT2D eigenvalue weighted by atomic mass is 16.5. The average Bonchev–Trinajstić information content (AvgIpc) is 3.46. The van der Waals surface area contributed by atoms with Crippen LogP contribution in [0.2, 0.25) is 0 Å². The quantitative estimate of drug-likeness (QED) is 0.836. The first-order chi connectivity index (χ1) is 13.0. The molecule has 1 amide bonds. The first-order valence-electron chi connectivity index (χ1n) is 10.1. The van der Waals surface area contributed by atoms with Crippen LogP contribution in [0.5, 0.6) is 5.75 Å². The van der Waals surface area contributed by atoms with Gasteiger partial charge in [-0.1, -0.05) is 12.1 Å². The van der Waals surface area contributed by atoms with Gasteiger partial charge in [0.2, 0.25) is 5.91 Å². The Kier molecular flexibility index (Phi) is 3.62. The van der Waals surface area contributed by atoms with Crippen molar-refractivity contribution in [2.24, 2.45) is 23.2 Å². The van der Waals surface area contributed by atoms with Crippen LogP contribution in [-0.2, 0) is 15.0 Å². The van der Waals surface area contributed by atoms with Crippen LogP contribution in [0, 0.1) is 23.2 Å². The Hall–Kier alpha value is -2.04. The average molecular weight is 369 g/mol. The predicted octanol–water partition coefficient (Wildman–Crippen LogP) is 3.12. The van der Waals surface area contributed by atoms with E-state index in [1.807, 2.05) is 24.3 Å². The number of ether oxygens (including phenoxy) is 1. The first kappa shape index (κ1) is 17.1. The molecule has 0 heterocycles. The summed E-state index contributed by atoms with van der Waals surface area (Å²) in [5, 5.41) is 13.2. The molecule has 0 aliphatic heterocycles. The molecule has 5 aliphatic rings. The minimum atomic E-state index is -0.622. The molecule has 2 N–H and O–H groups in total. The van der Waals surface area contributed by atoms with Gasteiger partial charge in [0.15, 0.2) is 0 Å². The fraction of sp³-hybridized carbons (Fsp3) is 0.636. The molecule has 2 atom stereocenters. The number of amides is 1. The van der Waals surface area contributed by atoms with E-state index in [0.29, 0.717) is 17.8 Å². The summed E-state index contributed by atoms with van der Waals surface area (Å²) >= 11 is 0. The Morgan fingerprint density at radius 2 is 1.70 bits per heavy atom. The van der Waals surface area contributed by atoms with Gasteiger partial charge in [-0.2, -0.15) is 0 Å². The molecule has 4 bridgehead atoms. The van der Waals surface area contributed by atoms with Crippen LogP contribution in [0.15, 0.2) is 24.3 Å². The molecule has 1 aromatic carbocycles. The topological polar surface area (TPSA) is 75.6 Å². The summed E-state index contributed by atoms with van der Waals surface area (Å²) in [5.41, 5.74) is 0.141. The maximum absolute atomic E-state index is 13.2. The third-order valence-corrected chi connectivity index (χ3v) is 7.85. The van der Waals surface area contributed by atoms with Crippen LogP contribution in [0.25, 0.3) is 0 Å². The molecule has 5 fully saturated rings. The Morgan fingerprint density at radius 1 is 1.07 bits per heavy atom. The number of methoxy groups -OCH3 is 1. The van der Waals surface area contributed by atoms with Crippen LogP contribution >= 0.6 is 0 Å². The molecule has 2 unspecified atom stereocenters. The summed E-state index contributed by atoms with van der Waals surface area (Å²) in [6, 6.07) is 7.99. The lowest BCUT2D eigenvalue weighted by molar-refractivity contribution is -0.167. The molecule has 0 spiro atoms. The summed E-state index contributed by atoms with van der Waals surface area (Å²) in [6.45, 7) is 0. The standard InChI is InChI=1S/C22H27NO4/c1-27-17-4-2-16(3-5-17)22(6-7-22)19(24)23-18-14-8-13-9-15(18)12-21(10-13,11-14)20(25)26/h2-5,13-15,18H,6-12H2,1H3,(H,23,24)(H,25,26). The second-order valence-corrected chi connectivity index (χ2v) is 9.37. The zero-order chi connectivity index (χ0) is 18.8. The third-order valence-electron chi connectivity index (χ3n) is 7.85. The van der Waals surface area contributed by atoms with Gasteiger partial charge in [-0.3, -0.25) is 9.59 Å². The van der Waals surface area contributed by atoms with E-state index in [-0.39, 0.29) is 11.9 Å². The van der Waals surface area contributed by atoms with Gasteiger partial charge in [0.1, 0.15) is 5.75 Å². The zero-order valence-electron chi connectivity index (χ0n) is 15.7. The molecule has 0 radical (unpaired) electrons. The Bertz CT molecular complexity index is 766. The van der Waals surface area contributed by atoms with Gasteiger partial charge >= 0.3 is 5.97 Å².